The summed E-state index contributed by atoms with van der Waals surface area (Å²) < 4.78 is 6.60. The van der Waals surface area contributed by atoms with Gasteiger partial charge in [-0.25, -0.2) is 0 Å². The van der Waals surface area contributed by atoms with Crippen LogP contribution in [-0.2, 0) is 11.3 Å². The van der Waals surface area contributed by atoms with Crippen LogP contribution in [0.2, 0.25) is 0 Å². The van der Waals surface area contributed by atoms with E-state index in [4.69, 9.17) is 4.74 Å². The fourth-order valence-corrected chi connectivity index (χ4v) is 2.92. The number of hydrogen-bond acceptors (Lipinski definition) is 3. The maximum absolute atomic E-state index is 5.45. The van der Waals surface area contributed by atoms with Crippen LogP contribution in [0.1, 0.15) is 25.3 Å². The van der Waals surface area contributed by atoms with Crippen molar-refractivity contribution < 1.29 is 4.74 Å². The summed E-state index contributed by atoms with van der Waals surface area (Å²) in [6.07, 6.45) is 2.66. The third-order valence-corrected chi connectivity index (χ3v) is 4.22. The molecule has 19 heavy (non-hydrogen) atoms. The molecule has 0 unspecified atom stereocenters. The topological polar surface area (TPSA) is 24.5 Å². The lowest BCUT2D eigenvalue weighted by Crippen LogP contribution is -2.37. The van der Waals surface area contributed by atoms with Crippen molar-refractivity contribution in [3.63, 3.8) is 0 Å². The summed E-state index contributed by atoms with van der Waals surface area (Å²) in [6, 6.07) is 6.57. The minimum Gasteiger partial charge on any atom is -0.381 e. The second-order valence-electron chi connectivity index (χ2n) is 4.98. The van der Waals surface area contributed by atoms with Crippen molar-refractivity contribution in [1.29, 1.82) is 0 Å². The summed E-state index contributed by atoms with van der Waals surface area (Å²) in [7, 11) is 1.82. The quantitative estimate of drug-likeness (QED) is 0.899. The van der Waals surface area contributed by atoms with Crippen molar-refractivity contribution in [1.82, 2.24) is 5.32 Å². The normalized spacial score (nSPS) is 16.9. The van der Waals surface area contributed by atoms with Gasteiger partial charge in [-0.1, -0.05) is 28.9 Å². The highest BCUT2D eigenvalue weighted by Crippen LogP contribution is 2.28. The molecule has 106 valence electrons. The van der Waals surface area contributed by atoms with Gasteiger partial charge in [0, 0.05) is 36.9 Å². The predicted octanol–water partition coefficient (Wildman–Crippen LogP) is 3.17. The lowest BCUT2D eigenvalue weighted by Gasteiger charge is -2.34. The van der Waals surface area contributed by atoms with Crippen molar-refractivity contribution in [2.24, 2.45) is 0 Å². The summed E-state index contributed by atoms with van der Waals surface area (Å²) in [6.45, 7) is 6.23. The molecule has 0 atom stereocenters. The fraction of sp³-hybridized carbons (Fsp3) is 0.600. The molecule has 2 rings (SSSR count). The van der Waals surface area contributed by atoms with E-state index < -0.39 is 0 Å². The van der Waals surface area contributed by atoms with Crippen molar-refractivity contribution in [2.45, 2.75) is 32.4 Å². The highest BCUT2D eigenvalue weighted by Gasteiger charge is 2.20. The minimum atomic E-state index is 0.431. The van der Waals surface area contributed by atoms with Gasteiger partial charge in [0.25, 0.3) is 0 Å². The molecule has 0 aliphatic carbocycles. The zero-order chi connectivity index (χ0) is 13.7. The number of nitrogens with one attached hydrogen (secondary N) is 1. The van der Waals surface area contributed by atoms with Gasteiger partial charge in [0.1, 0.15) is 0 Å². The van der Waals surface area contributed by atoms with Crippen LogP contribution in [0.25, 0.3) is 0 Å². The molecule has 1 saturated heterocycles. The molecular weight excluding hydrogens is 304 g/mol. The number of rotatable bonds is 5. The molecule has 1 heterocycles. The van der Waals surface area contributed by atoms with Gasteiger partial charge < -0.3 is 15.0 Å². The zero-order valence-corrected chi connectivity index (χ0v) is 13.4. The maximum Gasteiger partial charge on any atom is 0.0605 e. The molecular formula is C15H23BrN2O. The maximum atomic E-state index is 5.45. The molecule has 1 aliphatic rings. The molecule has 0 aromatic heterocycles. The van der Waals surface area contributed by atoms with Gasteiger partial charge in [0.05, 0.1) is 6.10 Å². The molecule has 0 spiro atoms. The highest BCUT2D eigenvalue weighted by atomic mass is 79.9. The summed E-state index contributed by atoms with van der Waals surface area (Å²) in [5.41, 5.74) is 2.73. The van der Waals surface area contributed by atoms with Crippen molar-refractivity contribution in [3.05, 3.63) is 28.2 Å². The van der Waals surface area contributed by atoms with E-state index in [1.807, 2.05) is 7.11 Å². The average Bonchev–Trinajstić information content (AvgIpc) is 2.46. The van der Waals surface area contributed by atoms with Gasteiger partial charge in [-0.2, -0.15) is 0 Å². The lowest BCUT2D eigenvalue weighted by atomic mass is 10.0. The van der Waals surface area contributed by atoms with Gasteiger partial charge in [-0.15, -0.1) is 0 Å². The molecule has 1 aromatic rings. The largest absolute Gasteiger partial charge is 0.381 e. The third-order valence-electron chi connectivity index (χ3n) is 3.73. The van der Waals surface area contributed by atoms with Crippen LogP contribution in [0.5, 0.6) is 0 Å². The number of anilines is 1. The molecule has 0 saturated carbocycles. The van der Waals surface area contributed by atoms with E-state index in [1.54, 1.807) is 0 Å². The summed E-state index contributed by atoms with van der Waals surface area (Å²) in [5.74, 6) is 0. The van der Waals surface area contributed by atoms with Crippen LogP contribution in [0.3, 0.4) is 0 Å². The van der Waals surface area contributed by atoms with Gasteiger partial charge in [0.15, 0.2) is 0 Å². The number of ether oxygens (including phenoxy) is 1. The second kappa shape index (κ2) is 7.27. The molecule has 0 bridgehead atoms. The Bertz CT molecular complexity index is 403. The number of halogens is 1. The minimum absolute atomic E-state index is 0.431. The summed E-state index contributed by atoms with van der Waals surface area (Å²) >= 11 is 3.58. The van der Waals surface area contributed by atoms with E-state index in [2.05, 4.69) is 51.3 Å². The van der Waals surface area contributed by atoms with Crippen molar-refractivity contribution in [3.8, 4) is 0 Å². The lowest BCUT2D eigenvalue weighted by molar-refractivity contribution is 0.0819. The Morgan fingerprint density at radius 2 is 2.11 bits per heavy atom. The van der Waals surface area contributed by atoms with E-state index in [1.165, 1.54) is 11.3 Å². The Kier molecular flexibility index (Phi) is 5.67. The van der Waals surface area contributed by atoms with E-state index in [9.17, 15) is 0 Å². The van der Waals surface area contributed by atoms with Gasteiger partial charge in [-0.3, -0.25) is 0 Å². The number of nitrogens with zero attached hydrogens (tertiary/aromatic N) is 1. The Labute approximate surface area is 124 Å². The van der Waals surface area contributed by atoms with Gasteiger partial charge in [-0.05, 0) is 37.1 Å². The van der Waals surface area contributed by atoms with Crippen LogP contribution in [0, 0.1) is 0 Å². The third kappa shape index (κ3) is 3.94. The number of methoxy groups -OCH3 is 1. The molecule has 3 nitrogen and oxygen atoms in total. The Morgan fingerprint density at radius 3 is 2.74 bits per heavy atom. The van der Waals surface area contributed by atoms with Crippen LogP contribution < -0.4 is 10.2 Å². The molecule has 0 radical (unpaired) electrons. The molecule has 1 fully saturated rings. The van der Waals surface area contributed by atoms with Crippen LogP contribution in [-0.4, -0.2) is 32.8 Å². The standard InChI is InChI=1S/C15H23BrN2O/c1-3-17-11-12-4-5-13(16)10-15(12)18-8-6-14(19-2)7-9-18/h4-5,10,14,17H,3,6-9,11H2,1-2H3. The van der Waals surface area contributed by atoms with E-state index in [0.29, 0.717) is 6.10 Å². The van der Waals surface area contributed by atoms with Gasteiger partial charge in [0.2, 0.25) is 0 Å². The molecule has 0 amide bonds. The highest BCUT2D eigenvalue weighted by molar-refractivity contribution is 9.10. The van der Waals surface area contributed by atoms with Gasteiger partial charge >= 0.3 is 0 Å². The summed E-state index contributed by atoms with van der Waals surface area (Å²) in [5, 5.41) is 3.42. The Morgan fingerprint density at radius 1 is 1.37 bits per heavy atom. The smallest absolute Gasteiger partial charge is 0.0605 e. The first kappa shape index (κ1) is 14.8. The van der Waals surface area contributed by atoms with Crippen molar-refractivity contribution in [2.75, 3.05) is 31.6 Å². The first-order valence-electron chi connectivity index (χ1n) is 7.01. The SMILES string of the molecule is CCNCc1ccc(Br)cc1N1CCC(OC)CC1. The van der Waals surface area contributed by atoms with Crippen LogP contribution in [0.15, 0.2) is 22.7 Å². The zero-order valence-electron chi connectivity index (χ0n) is 11.8. The molecule has 1 aromatic carbocycles. The molecule has 1 N–H and O–H groups in total. The fourth-order valence-electron chi connectivity index (χ4n) is 2.57. The predicted molar refractivity (Wildman–Crippen MR) is 83.8 cm³/mol. The van der Waals surface area contributed by atoms with Crippen molar-refractivity contribution >= 4 is 21.6 Å². The summed E-state index contributed by atoms with van der Waals surface area (Å²) in [4.78, 5) is 2.48. The van der Waals surface area contributed by atoms with E-state index >= 15 is 0 Å². The Balaban J connectivity index is 2.11. The average molecular weight is 327 g/mol. The Hall–Kier alpha value is -0.580. The van der Waals surface area contributed by atoms with E-state index in [-0.39, 0.29) is 0 Å². The molecule has 4 heteroatoms. The number of benzene rings is 1. The van der Waals surface area contributed by atoms with E-state index in [0.717, 1.165) is 43.5 Å². The number of hydrogen-bond donors (Lipinski definition) is 1. The molecule has 1 aliphatic heterocycles. The first-order valence-corrected chi connectivity index (χ1v) is 7.80. The number of piperidine rings is 1. The van der Waals surface area contributed by atoms with Crippen LogP contribution >= 0.6 is 15.9 Å². The first-order chi connectivity index (χ1) is 9.24. The van der Waals surface area contributed by atoms with Crippen LogP contribution in [0.4, 0.5) is 5.69 Å². The second-order valence-corrected chi connectivity index (χ2v) is 5.89. The monoisotopic (exact) mass is 326 g/mol.